The summed E-state index contributed by atoms with van der Waals surface area (Å²) in [6.45, 7) is 3.75. The van der Waals surface area contributed by atoms with E-state index in [9.17, 15) is 18.3 Å². The van der Waals surface area contributed by atoms with Crippen LogP contribution in [0, 0.1) is 13.8 Å². The third kappa shape index (κ3) is 2.98. The Kier molecular flexibility index (Phi) is 3.69. The molecule has 102 valence electrons. The molecule has 0 spiro atoms. The van der Waals surface area contributed by atoms with E-state index in [1.54, 1.807) is 0 Å². The van der Waals surface area contributed by atoms with Crippen molar-refractivity contribution in [1.29, 1.82) is 0 Å². The van der Waals surface area contributed by atoms with Gasteiger partial charge in [0.1, 0.15) is 6.10 Å². The zero-order valence-electron chi connectivity index (χ0n) is 10.5. The van der Waals surface area contributed by atoms with Crippen molar-refractivity contribution in [3.05, 3.63) is 56.8 Å². The third-order valence-corrected chi connectivity index (χ3v) is 3.89. The molecular formula is C14H13F3OS. The molecule has 0 amide bonds. The molecule has 0 aliphatic heterocycles. The molecule has 0 saturated heterocycles. The molecule has 2 rings (SSSR count). The first-order chi connectivity index (χ1) is 8.79. The van der Waals surface area contributed by atoms with Crippen molar-refractivity contribution in [2.45, 2.75) is 26.1 Å². The van der Waals surface area contributed by atoms with Crippen LogP contribution in [0.15, 0.2) is 30.3 Å². The van der Waals surface area contributed by atoms with Crippen molar-refractivity contribution in [3.63, 3.8) is 0 Å². The Morgan fingerprint density at radius 3 is 2.37 bits per heavy atom. The van der Waals surface area contributed by atoms with Crippen LogP contribution in [0.3, 0.4) is 0 Å². The summed E-state index contributed by atoms with van der Waals surface area (Å²) in [5.74, 6) is 0. The first-order valence-corrected chi connectivity index (χ1v) is 6.53. The zero-order valence-corrected chi connectivity index (χ0v) is 11.3. The highest BCUT2D eigenvalue weighted by Crippen LogP contribution is 2.34. The fourth-order valence-electron chi connectivity index (χ4n) is 1.99. The molecule has 1 atom stereocenters. The van der Waals surface area contributed by atoms with Crippen molar-refractivity contribution >= 4 is 11.3 Å². The van der Waals surface area contributed by atoms with E-state index in [1.807, 2.05) is 19.9 Å². The molecule has 5 heteroatoms. The maximum Gasteiger partial charge on any atom is 0.416 e. The number of halogens is 3. The van der Waals surface area contributed by atoms with Gasteiger partial charge in [-0.15, -0.1) is 11.3 Å². The van der Waals surface area contributed by atoms with Crippen molar-refractivity contribution in [3.8, 4) is 0 Å². The lowest BCUT2D eigenvalue weighted by atomic mass is 10.00. The molecule has 0 fully saturated rings. The normalized spacial score (nSPS) is 13.6. The Labute approximate surface area is 113 Å². The van der Waals surface area contributed by atoms with Crippen molar-refractivity contribution in [2.75, 3.05) is 0 Å². The second kappa shape index (κ2) is 4.98. The van der Waals surface area contributed by atoms with Crippen molar-refractivity contribution in [2.24, 2.45) is 0 Å². The van der Waals surface area contributed by atoms with Crippen LogP contribution in [0.2, 0.25) is 0 Å². The Morgan fingerprint density at radius 2 is 1.84 bits per heavy atom. The molecule has 1 unspecified atom stereocenters. The lowest BCUT2D eigenvalue weighted by molar-refractivity contribution is -0.137. The molecular weight excluding hydrogens is 273 g/mol. The fourth-order valence-corrected chi connectivity index (χ4v) is 2.94. The van der Waals surface area contributed by atoms with Gasteiger partial charge in [-0.1, -0.05) is 12.1 Å². The average Bonchev–Trinajstić information content (AvgIpc) is 2.66. The predicted octanol–water partition coefficient (Wildman–Crippen LogP) is 4.47. The second-order valence-corrected chi connectivity index (χ2v) is 5.85. The highest BCUT2D eigenvalue weighted by Gasteiger charge is 2.31. The van der Waals surface area contributed by atoms with Gasteiger partial charge in [-0.3, -0.25) is 0 Å². The van der Waals surface area contributed by atoms with Crippen LogP contribution in [-0.4, -0.2) is 5.11 Å². The van der Waals surface area contributed by atoms with Gasteiger partial charge < -0.3 is 5.11 Å². The molecule has 0 radical (unpaired) electrons. The number of thiophene rings is 1. The van der Waals surface area contributed by atoms with Gasteiger partial charge in [0, 0.05) is 9.75 Å². The minimum Gasteiger partial charge on any atom is -0.384 e. The van der Waals surface area contributed by atoms with Gasteiger partial charge in [0.05, 0.1) is 5.56 Å². The van der Waals surface area contributed by atoms with Gasteiger partial charge in [0.25, 0.3) is 0 Å². The largest absolute Gasteiger partial charge is 0.416 e. The summed E-state index contributed by atoms with van der Waals surface area (Å²) in [6.07, 6.45) is -5.41. The summed E-state index contributed by atoms with van der Waals surface area (Å²) < 4.78 is 37.9. The molecule has 19 heavy (non-hydrogen) atoms. The van der Waals surface area contributed by atoms with Crippen LogP contribution in [0.25, 0.3) is 0 Å². The van der Waals surface area contributed by atoms with Gasteiger partial charge >= 0.3 is 6.18 Å². The summed E-state index contributed by atoms with van der Waals surface area (Å²) in [5, 5.41) is 10.2. The smallest absolute Gasteiger partial charge is 0.384 e. The van der Waals surface area contributed by atoms with E-state index in [-0.39, 0.29) is 5.56 Å². The van der Waals surface area contributed by atoms with E-state index in [1.165, 1.54) is 23.5 Å². The number of aliphatic hydroxyl groups excluding tert-OH is 1. The molecule has 2 aromatic rings. The van der Waals surface area contributed by atoms with Gasteiger partial charge in [0.15, 0.2) is 0 Å². The van der Waals surface area contributed by atoms with Crippen LogP contribution in [-0.2, 0) is 6.18 Å². The van der Waals surface area contributed by atoms with E-state index in [0.29, 0.717) is 5.56 Å². The second-order valence-electron chi connectivity index (χ2n) is 4.39. The van der Waals surface area contributed by atoms with E-state index in [4.69, 9.17) is 0 Å². The van der Waals surface area contributed by atoms with Gasteiger partial charge in [0.2, 0.25) is 0 Å². The fraction of sp³-hybridized carbons (Fsp3) is 0.286. The van der Waals surface area contributed by atoms with Crippen molar-refractivity contribution in [1.82, 2.24) is 0 Å². The number of hydrogen-bond donors (Lipinski definition) is 1. The number of aryl methyl sites for hydroxylation is 2. The minimum absolute atomic E-state index is 0.260. The van der Waals surface area contributed by atoms with Crippen LogP contribution >= 0.6 is 11.3 Å². The van der Waals surface area contributed by atoms with Gasteiger partial charge in [-0.05, 0) is 43.2 Å². The third-order valence-electron chi connectivity index (χ3n) is 2.90. The Balaban J connectivity index is 2.39. The molecule has 1 aromatic carbocycles. The summed E-state index contributed by atoms with van der Waals surface area (Å²) in [5.41, 5.74) is 0.186. The molecule has 1 N–H and O–H groups in total. The van der Waals surface area contributed by atoms with Crippen LogP contribution in [0.4, 0.5) is 13.2 Å². The molecule has 0 saturated carbocycles. The Bertz CT molecular complexity index is 587. The Hall–Kier alpha value is -1.33. The zero-order chi connectivity index (χ0) is 14.2. The first kappa shape index (κ1) is 14.1. The summed E-state index contributed by atoms with van der Waals surface area (Å²) in [4.78, 5) is 1.95. The van der Waals surface area contributed by atoms with E-state index >= 15 is 0 Å². The number of alkyl halides is 3. The molecule has 0 aliphatic rings. The SMILES string of the molecule is Cc1cc(C(O)c2cccc(C(F)(F)F)c2)c(C)s1. The highest BCUT2D eigenvalue weighted by molar-refractivity contribution is 7.12. The van der Waals surface area contributed by atoms with E-state index in [2.05, 4.69) is 0 Å². The maximum atomic E-state index is 12.6. The number of aliphatic hydroxyl groups is 1. The molecule has 1 heterocycles. The molecule has 0 bridgehead atoms. The highest BCUT2D eigenvalue weighted by atomic mass is 32.1. The molecule has 0 aliphatic carbocycles. The van der Waals surface area contributed by atoms with Gasteiger partial charge in [-0.25, -0.2) is 0 Å². The quantitative estimate of drug-likeness (QED) is 0.864. The first-order valence-electron chi connectivity index (χ1n) is 5.71. The standard InChI is InChI=1S/C14H13F3OS/c1-8-6-12(9(2)19-8)13(18)10-4-3-5-11(7-10)14(15,16)17/h3-7,13,18H,1-2H3. The lowest BCUT2D eigenvalue weighted by Crippen LogP contribution is -2.07. The average molecular weight is 286 g/mol. The van der Waals surface area contributed by atoms with Crippen LogP contribution in [0.5, 0.6) is 0 Å². The minimum atomic E-state index is -4.39. The predicted molar refractivity (Wildman–Crippen MR) is 69.3 cm³/mol. The molecule has 1 aromatic heterocycles. The summed E-state index contributed by atoms with van der Waals surface area (Å²) in [7, 11) is 0. The van der Waals surface area contributed by atoms with E-state index in [0.717, 1.165) is 21.9 Å². The maximum absolute atomic E-state index is 12.6. The number of rotatable bonds is 2. The molecule has 1 nitrogen and oxygen atoms in total. The van der Waals surface area contributed by atoms with Crippen LogP contribution in [0.1, 0.15) is 32.5 Å². The van der Waals surface area contributed by atoms with E-state index < -0.39 is 17.8 Å². The number of hydrogen-bond acceptors (Lipinski definition) is 2. The van der Waals surface area contributed by atoms with Crippen LogP contribution < -0.4 is 0 Å². The van der Waals surface area contributed by atoms with Gasteiger partial charge in [-0.2, -0.15) is 13.2 Å². The Morgan fingerprint density at radius 1 is 1.16 bits per heavy atom. The monoisotopic (exact) mass is 286 g/mol. The summed E-state index contributed by atoms with van der Waals surface area (Å²) >= 11 is 1.52. The topological polar surface area (TPSA) is 20.2 Å². The summed E-state index contributed by atoms with van der Waals surface area (Å²) in [6, 6.07) is 6.63. The number of benzene rings is 1. The lowest BCUT2D eigenvalue weighted by Gasteiger charge is -2.13. The van der Waals surface area contributed by atoms with Crippen molar-refractivity contribution < 1.29 is 18.3 Å².